The van der Waals surface area contributed by atoms with Crippen LogP contribution in [0.2, 0.25) is 0 Å². The number of ether oxygens (including phenoxy) is 1. The predicted octanol–water partition coefficient (Wildman–Crippen LogP) is 2.78. The van der Waals surface area contributed by atoms with Crippen molar-refractivity contribution in [1.82, 2.24) is 19.8 Å². The molecule has 0 bridgehead atoms. The van der Waals surface area contributed by atoms with Gasteiger partial charge < -0.3 is 24.4 Å². The summed E-state index contributed by atoms with van der Waals surface area (Å²) >= 11 is 0. The largest absolute Gasteiger partial charge is 0.483 e. The highest BCUT2D eigenvalue weighted by atomic mass is 19.1. The Morgan fingerprint density at radius 1 is 1.16 bits per heavy atom. The smallest absolute Gasteiger partial charge is 0.257 e. The average molecular weight is 527 g/mol. The van der Waals surface area contributed by atoms with Crippen LogP contribution in [0.5, 0.6) is 5.75 Å². The van der Waals surface area contributed by atoms with Gasteiger partial charge in [0.25, 0.3) is 5.91 Å². The van der Waals surface area contributed by atoms with Crippen LogP contribution in [0, 0.1) is 18.6 Å². The van der Waals surface area contributed by atoms with Crippen molar-refractivity contribution in [3.8, 4) is 5.75 Å². The quantitative estimate of drug-likeness (QED) is 0.431. The number of nitrogens with zero attached hydrogens (tertiary/aromatic N) is 3. The number of halogens is 2. The molecule has 2 aromatic carbocycles. The molecule has 2 heterocycles. The second kappa shape index (κ2) is 12.0. The number of rotatable bonds is 9. The molecule has 200 valence electrons. The van der Waals surface area contributed by atoms with Crippen molar-refractivity contribution in [3.05, 3.63) is 99.0 Å². The average Bonchev–Trinajstić information content (AvgIpc) is 2.92. The molecule has 38 heavy (non-hydrogen) atoms. The minimum Gasteiger partial charge on any atom is -0.483 e. The number of carbonyl (C=O) groups is 2. The molecule has 1 aliphatic heterocycles. The fourth-order valence-electron chi connectivity index (χ4n) is 4.34. The first kappa shape index (κ1) is 27.0. The molecular formula is C27H28F2N4O5. The second-order valence-electron chi connectivity index (χ2n) is 8.91. The van der Waals surface area contributed by atoms with E-state index in [1.165, 1.54) is 24.3 Å². The van der Waals surface area contributed by atoms with Gasteiger partial charge in [-0.1, -0.05) is 36.4 Å². The number of nitrogens with one attached hydrogen (secondary N) is 1. The van der Waals surface area contributed by atoms with Crippen LogP contribution in [0.25, 0.3) is 0 Å². The molecule has 1 atom stereocenters. The number of hydrogen-bond acceptors (Lipinski definition) is 6. The highest BCUT2D eigenvalue weighted by Crippen LogP contribution is 2.24. The SMILES string of the molecule is CON1CC(n2cc(C(=O)NCc3ccc(F)cc3F)c(=O)c(OCc3ccccc3)c2C)CN(C=O)C1. The van der Waals surface area contributed by atoms with Gasteiger partial charge in [-0.2, -0.15) is 5.06 Å². The molecule has 0 radical (unpaired) electrons. The van der Waals surface area contributed by atoms with Crippen LogP contribution in [0.3, 0.4) is 0 Å². The lowest BCUT2D eigenvalue weighted by Gasteiger charge is -2.38. The lowest BCUT2D eigenvalue weighted by Crippen LogP contribution is -2.49. The summed E-state index contributed by atoms with van der Waals surface area (Å²) in [6.07, 6.45) is 2.12. The van der Waals surface area contributed by atoms with Gasteiger partial charge in [0.05, 0.1) is 25.5 Å². The van der Waals surface area contributed by atoms with Crippen LogP contribution in [-0.2, 0) is 22.8 Å². The van der Waals surface area contributed by atoms with Crippen LogP contribution in [-0.4, -0.2) is 53.7 Å². The van der Waals surface area contributed by atoms with Gasteiger partial charge in [0.15, 0.2) is 5.75 Å². The lowest BCUT2D eigenvalue weighted by atomic mass is 10.1. The molecule has 1 unspecified atom stereocenters. The zero-order valence-electron chi connectivity index (χ0n) is 21.0. The maximum Gasteiger partial charge on any atom is 0.257 e. The van der Waals surface area contributed by atoms with Gasteiger partial charge in [0.2, 0.25) is 11.8 Å². The number of hydrogen-bond donors (Lipinski definition) is 1. The van der Waals surface area contributed by atoms with E-state index in [9.17, 15) is 23.2 Å². The van der Waals surface area contributed by atoms with Crippen LogP contribution < -0.4 is 15.5 Å². The molecule has 0 aliphatic carbocycles. The number of benzene rings is 2. The molecule has 1 aliphatic rings. The van der Waals surface area contributed by atoms with Gasteiger partial charge >= 0.3 is 0 Å². The molecule has 3 aromatic rings. The zero-order valence-corrected chi connectivity index (χ0v) is 21.0. The van der Waals surface area contributed by atoms with Gasteiger partial charge in [-0.3, -0.25) is 14.4 Å². The van der Waals surface area contributed by atoms with E-state index in [2.05, 4.69) is 5.32 Å². The van der Waals surface area contributed by atoms with E-state index in [1.807, 2.05) is 30.3 Å². The Morgan fingerprint density at radius 2 is 1.92 bits per heavy atom. The third-order valence-electron chi connectivity index (χ3n) is 6.36. The lowest BCUT2D eigenvalue weighted by molar-refractivity contribution is -0.185. The Bertz CT molecular complexity index is 1370. The first-order valence-corrected chi connectivity index (χ1v) is 11.9. The van der Waals surface area contributed by atoms with Gasteiger partial charge in [-0.25, -0.2) is 8.78 Å². The minimum atomic E-state index is -0.811. The van der Waals surface area contributed by atoms with Crippen molar-refractivity contribution in [2.75, 3.05) is 26.9 Å². The Labute approximate surface area is 218 Å². The fraction of sp³-hybridized carbons (Fsp3) is 0.296. The molecule has 1 fully saturated rings. The number of aromatic nitrogens is 1. The Balaban J connectivity index is 1.69. The number of pyridine rings is 1. The van der Waals surface area contributed by atoms with E-state index < -0.39 is 23.0 Å². The summed E-state index contributed by atoms with van der Waals surface area (Å²) in [7, 11) is 1.49. The summed E-state index contributed by atoms with van der Waals surface area (Å²) in [6.45, 7) is 2.51. The van der Waals surface area contributed by atoms with Crippen molar-refractivity contribution in [2.45, 2.75) is 26.1 Å². The molecule has 9 nitrogen and oxygen atoms in total. The molecule has 1 N–H and O–H groups in total. The van der Waals surface area contributed by atoms with Gasteiger partial charge in [-0.15, -0.1) is 0 Å². The van der Waals surface area contributed by atoms with Crippen LogP contribution >= 0.6 is 0 Å². The fourth-order valence-corrected chi connectivity index (χ4v) is 4.34. The summed E-state index contributed by atoms with van der Waals surface area (Å²) in [6, 6.07) is 11.9. The molecule has 11 heteroatoms. The first-order valence-electron chi connectivity index (χ1n) is 11.9. The highest BCUT2D eigenvalue weighted by molar-refractivity contribution is 5.94. The van der Waals surface area contributed by atoms with Gasteiger partial charge in [0, 0.05) is 37.5 Å². The molecule has 0 spiro atoms. The van der Waals surface area contributed by atoms with E-state index in [4.69, 9.17) is 9.57 Å². The Kier molecular flexibility index (Phi) is 8.49. The molecule has 1 saturated heterocycles. The van der Waals surface area contributed by atoms with Gasteiger partial charge in [0.1, 0.15) is 23.8 Å². The van der Waals surface area contributed by atoms with Crippen molar-refractivity contribution >= 4 is 12.3 Å². The summed E-state index contributed by atoms with van der Waals surface area (Å²) in [5.41, 5.74) is 0.528. The normalized spacial score (nSPS) is 15.8. The molecule has 4 rings (SSSR count). The number of carbonyl (C=O) groups excluding carboxylic acids is 2. The van der Waals surface area contributed by atoms with E-state index in [-0.39, 0.29) is 42.7 Å². The van der Waals surface area contributed by atoms with E-state index in [1.54, 1.807) is 16.6 Å². The van der Waals surface area contributed by atoms with E-state index in [0.29, 0.717) is 25.2 Å². The van der Waals surface area contributed by atoms with Crippen LogP contribution in [0.15, 0.2) is 59.5 Å². The monoisotopic (exact) mass is 526 g/mol. The Hall–Kier alpha value is -4.09. The predicted molar refractivity (Wildman–Crippen MR) is 134 cm³/mol. The summed E-state index contributed by atoms with van der Waals surface area (Å²) in [5, 5.41) is 4.12. The highest BCUT2D eigenvalue weighted by Gasteiger charge is 2.29. The molecule has 2 amide bonds. The van der Waals surface area contributed by atoms with Crippen molar-refractivity contribution in [3.63, 3.8) is 0 Å². The van der Waals surface area contributed by atoms with Crippen LogP contribution in [0.1, 0.15) is 33.2 Å². The summed E-state index contributed by atoms with van der Waals surface area (Å²) in [4.78, 5) is 45.0. The van der Waals surface area contributed by atoms with Gasteiger partial charge in [-0.05, 0) is 18.6 Å². The second-order valence-corrected chi connectivity index (χ2v) is 8.91. The standard InChI is InChI=1S/C27H28F2N4O5/c1-18-26(38-15-19-6-4-3-5-7-19)25(35)23(27(36)30-11-20-8-9-21(28)10-24(20)29)14-33(18)22-12-31(17-34)16-32(13-22)37-2/h3-10,14,17,22H,11-13,15-16H2,1-2H3,(H,30,36). The molecule has 0 saturated carbocycles. The third-order valence-corrected chi connectivity index (χ3v) is 6.36. The number of hydroxylamine groups is 2. The van der Waals surface area contributed by atoms with Crippen molar-refractivity contribution < 1.29 is 27.9 Å². The molecular weight excluding hydrogens is 498 g/mol. The van der Waals surface area contributed by atoms with E-state index in [0.717, 1.165) is 17.7 Å². The zero-order chi connectivity index (χ0) is 27.2. The van der Waals surface area contributed by atoms with Crippen molar-refractivity contribution in [1.29, 1.82) is 0 Å². The first-order chi connectivity index (χ1) is 18.3. The van der Waals surface area contributed by atoms with Crippen LogP contribution in [0.4, 0.5) is 8.78 Å². The van der Waals surface area contributed by atoms with E-state index >= 15 is 0 Å². The summed E-state index contributed by atoms with van der Waals surface area (Å²) in [5.74, 6) is -2.30. The van der Waals surface area contributed by atoms with Crippen molar-refractivity contribution in [2.24, 2.45) is 0 Å². The Morgan fingerprint density at radius 3 is 2.61 bits per heavy atom. The topological polar surface area (TPSA) is 93.1 Å². The maximum absolute atomic E-state index is 14.1. The third kappa shape index (κ3) is 6.06. The number of amides is 2. The summed E-state index contributed by atoms with van der Waals surface area (Å²) < 4.78 is 35.0. The minimum absolute atomic E-state index is 0.0124. The molecule has 1 aromatic heterocycles. The maximum atomic E-state index is 14.1.